The standard InChI is InChI=1S/C14H14N2O2/c1-18-14(17)13-11(15)7-8-16-12(13)9-10-5-3-2-4-6-10/h2-8H,9H2,1H3,(H2,15,16). The molecule has 4 nitrogen and oxygen atoms in total. The second kappa shape index (κ2) is 5.31. The van der Waals surface area contributed by atoms with Gasteiger partial charge < -0.3 is 10.5 Å². The Bertz CT molecular complexity index is 553. The van der Waals surface area contributed by atoms with Crippen LogP contribution < -0.4 is 5.73 Å². The molecule has 0 unspecified atom stereocenters. The normalized spacial score (nSPS) is 10.1. The molecule has 1 aromatic carbocycles. The van der Waals surface area contributed by atoms with Crippen molar-refractivity contribution in [2.75, 3.05) is 12.8 Å². The Hall–Kier alpha value is -2.36. The zero-order chi connectivity index (χ0) is 13.0. The number of esters is 1. The number of methoxy groups -OCH3 is 1. The van der Waals surface area contributed by atoms with Gasteiger partial charge in [0.15, 0.2) is 0 Å². The fraction of sp³-hybridized carbons (Fsp3) is 0.143. The van der Waals surface area contributed by atoms with E-state index < -0.39 is 5.97 Å². The molecule has 0 atom stereocenters. The monoisotopic (exact) mass is 242 g/mol. The third-order valence-electron chi connectivity index (χ3n) is 2.67. The SMILES string of the molecule is COC(=O)c1c(N)ccnc1Cc1ccccc1. The van der Waals surface area contributed by atoms with E-state index in [0.717, 1.165) is 5.56 Å². The summed E-state index contributed by atoms with van der Waals surface area (Å²) in [5.41, 5.74) is 8.26. The first-order valence-electron chi connectivity index (χ1n) is 5.58. The summed E-state index contributed by atoms with van der Waals surface area (Å²) in [5, 5.41) is 0. The van der Waals surface area contributed by atoms with Gasteiger partial charge in [0.25, 0.3) is 0 Å². The molecule has 2 rings (SSSR count). The number of benzene rings is 1. The van der Waals surface area contributed by atoms with Crippen molar-refractivity contribution in [3.05, 3.63) is 59.4 Å². The molecule has 1 heterocycles. The maximum Gasteiger partial charge on any atom is 0.341 e. The van der Waals surface area contributed by atoms with E-state index in [1.165, 1.54) is 7.11 Å². The van der Waals surface area contributed by atoms with Gasteiger partial charge >= 0.3 is 5.97 Å². The van der Waals surface area contributed by atoms with Crippen LogP contribution in [-0.4, -0.2) is 18.1 Å². The van der Waals surface area contributed by atoms with E-state index in [1.54, 1.807) is 12.3 Å². The number of carbonyl (C=O) groups excluding carboxylic acids is 1. The number of hydrogen-bond donors (Lipinski definition) is 1. The third-order valence-corrected chi connectivity index (χ3v) is 2.67. The van der Waals surface area contributed by atoms with Crippen molar-refractivity contribution < 1.29 is 9.53 Å². The van der Waals surface area contributed by atoms with Crippen molar-refractivity contribution in [2.24, 2.45) is 0 Å². The van der Waals surface area contributed by atoms with Crippen LogP contribution in [0.5, 0.6) is 0 Å². The van der Waals surface area contributed by atoms with Crippen LogP contribution in [0.1, 0.15) is 21.6 Å². The Morgan fingerprint density at radius 1 is 1.28 bits per heavy atom. The van der Waals surface area contributed by atoms with Gasteiger partial charge in [-0.05, 0) is 11.6 Å². The van der Waals surface area contributed by atoms with Crippen LogP contribution in [0.3, 0.4) is 0 Å². The van der Waals surface area contributed by atoms with E-state index in [2.05, 4.69) is 4.98 Å². The largest absolute Gasteiger partial charge is 0.465 e. The predicted octanol–water partition coefficient (Wildman–Crippen LogP) is 2.04. The molecule has 0 radical (unpaired) electrons. The molecule has 0 aliphatic heterocycles. The molecule has 2 N–H and O–H groups in total. The first-order chi connectivity index (χ1) is 8.72. The second-order valence-corrected chi connectivity index (χ2v) is 3.88. The number of pyridine rings is 1. The molecule has 0 aliphatic rings. The van der Waals surface area contributed by atoms with Crippen LogP contribution in [0, 0.1) is 0 Å². The molecule has 1 aromatic heterocycles. The lowest BCUT2D eigenvalue weighted by molar-refractivity contribution is 0.0600. The van der Waals surface area contributed by atoms with Crippen molar-refractivity contribution >= 4 is 11.7 Å². The number of aromatic nitrogens is 1. The van der Waals surface area contributed by atoms with E-state index in [-0.39, 0.29) is 0 Å². The fourth-order valence-electron chi connectivity index (χ4n) is 1.78. The first kappa shape index (κ1) is 12.1. The van der Waals surface area contributed by atoms with Crippen molar-refractivity contribution in [1.82, 2.24) is 4.98 Å². The van der Waals surface area contributed by atoms with Crippen molar-refractivity contribution in [3.63, 3.8) is 0 Å². The Morgan fingerprint density at radius 3 is 2.67 bits per heavy atom. The lowest BCUT2D eigenvalue weighted by Crippen LogP contribution is -2.11. The lowest BCUT2D eigenvalue weighted by atomic mass is 10.0. The number of nitrogens with two attached hydrogens (primary N) is 1. The molecular weight excluding hydrogens is 228 g/mol. The van der Waals surface area contributed by atoms with E-state index >= 15 is 0 Å². The van der Waals surface area contributed by atoms with Crippen LogP contribution in [0.4, 0.5) is 5.69 Å². The highest BCUT2D eigenvalue weighted by molar-refractivity contribution is 5.96. The maximum atomic E-state index is 11.7. The molecule has 2 aromatic rings. The average molecular weight is 242 g/mol. The summed E-state index contributed by atoms with van der Waals surface area (Å²) in [7, 11) is 1.33. The maximum absolute atomic E-state index is 11.7. The number of nitrogen functional groups attached to an aromatic ring is 1. The highest BCUT2D eigenvalue weighted by atomic mass is 16.5. The van der Waals surface area contributed by atoms with Gasteiger partial charge in [0.2, 0.25) is 0 Å². The molecule has 0 saturated heterocycles. The highest BCUT2D eigenvalue weighted by Gasteiger charge is 2.16. The van der Waals surface area contributed by atoms with Gasteiger partial charge in [-0.2, -0.15) is 0 Å². The molecule has 0 bridgehead atoms. The van der Waals surface area contributed by atoms with Crippen molar-refractivity contribution in [2.45, 2.75) is 6.42 Å². The van der Waals surface area contributed by atoms with Crippen LogP contribution in [0.15, 0.2) is 42.6 Å². The number of rotatable bonds is 3. The van der Waals surface area contributed by atoms with Gasteiger partial charge in [-0.15, -0.1) is 0 Å². The fourth-order valence-corrected chi connectivity index (χ4v) is 1.78. The molecule has 0 amide bonds. The van der Waals surface area contributed by atoms with Gasteiger partial charge in [0.05, 0.1) is 12.8 Å². The van der Waals surface area contributed by atoms with Crippen LogP contribution >= 0.6 is 0 Å². The number of nitrogens with zero attached hydrogens (tertiary/aromatic N) is 1. The summed E-state index contributed by atoms with van der Waals surface area (Å²) >= 11 is 0. The molecule has 0 saturated carbocycles. The second-order valence-electron chi connectivity index (χ2n) is 3.88. The van der Waals surface area contributed by atoms with Gasteiger partial charge in [-0.1, -0.05) is 30.3 Å². The van der Waals surface area contributed by atoms with Crippen LogP contribution in [0.25, 0.3) is 0 Å². The van der Waals surface area contributed by atoms with Gasteiger partial charge in [0.1, 0.15) is 5.56 Å². The Balaban J connectivity index is 2.39. The molecule has 18 heavy (non-hydrogen) atoms. The summed E-state index contributed by atoms with van der Waals surface area (Å²) in [6, 6.07) is 11.4. The van der Waals surface area contributed by atoms with Gasteiger partial charge in [-0.3, -0.25) is 4.98 Å². The van der Waals surface area contributed by atoms with E-state index in [4.69, 9.17) is 10.5 Å². The average Bonchev–Trinajstić information content (AvgIpc) is 2.39. The summed E-state index contributed by atoms with van der Waals surface area (Å²) in [6.07, 6.45) is 2.15. The smallest absolute Gasteiger partial charge is 0.341 e. The summed E-state index contributed by atoms with van der Waals surface area (Å²) < 4.78 is 4.74. The van der Waals surface area contributed by atoms with E-state index in [0.29, 0.717) is 23.4 Å². The van der Waals surface area contributed by atoms with Gasteiger partial charge in [-0.25, -0.2) is 4.79 Å². The first-order valence-corrected chi connectivity index (χ1v) is 5.58. The molecule has 0 aliphatic carbocycles. The van der Waals surface area contributed by atoms with E-state index in [9.17, 15) is 4.79 Å². The Labute approximate surface area is 105 Å². The quantitative estimate of drug-likeness (QED) is 0.836. The molecule has 0 spiro atoms. The summed E-state index contributed by atoms with van der Waals surface area (Å²) in [5.74, 6) is -0.452. The number of carbonyl (C=O) groups is 1. The minimum Gasteiger partial charge on any atom is -0.465 e. The van der Waals surface area contributed by atoms with Gasteiger partial charge in [0, 0.05) is 18.3 Å². The zero-order valence-corrected chi connectivity index (χ0v) is 10.1. The number of ether oxygens (including phenoxy) is 1. The van der Waals surface area contributed by atoms with Crippen molar-refractivity contribution in [1.29, 1.82) is 0 Å². The topological polar surface area (TPSA) is 65.2 Å². The van der Waals surface area contributed by atoms with E-state index in [1.807, 2.05) is 30.3 Å². The molecule has 92 valence electrons. The third kappa shape index (κ3) is 2.48. The molecule has 0 fully saturated rings. The highest BCUT2D eigenvalue weighted by Crippen LogP contribution is 2.18. The number of anilines is 1. The minimum absolute atomic E-state index is 0.351. The Morgan fingerprint density at radius 2 is 2.00 bits per heavy atom. The summed E-state index contributed by atoms with van der Waals surface area (Å²) in [4.78, 5) is 15.9. The lowest BCUT2D eigenvalue weighted by Gasteiger charge is -2.09. The number of hydrogen-bond acceptors (Lipinski definition) is 4. The molecule has 4 heteroatoms. The Kier molecular flexibility index (Phi) is 3.57. The van der Waals surface area contributed by atoms with Crippen LogP contribution in [-0.2, 0) is 11.2 Å². The minimum atomic E-state index is -0.452. The van der Waals surface area contributed by atoms with Crippen LogP contribution in [0.2, 0.25) is 0 Å². The molecular formula is C14H14N2O2. The predicted molar refractivity (Wildman–Crippen MR) is 69.2 cm³/mol. The zero-order valence-electron chi connectivity index (χ0n) is 10.1. The van der Waals surface area contributed by atoms with Crippen molar-refractivity contribution in [3.8, 4) is 0 Å². The summed E-state index contributed by atoms with van der Waals surface area (Å²) in [6.45, 7) is 0.